The van der Waals surface area contributed by atoms with Gasteiger partial charge < -0.3 is 14.2 Å². The summed E-state index contributed by atoms with van der Waals surface area (Å²) >= 11 is 0. The first-order chi connectivity index (χ1) is 13.8. The number of ether oxygens (including phenoxy) is 1. The van der Waals surface area contributed by atoms with Crippen LogP contribution in [0.4, 0.5) is 0 Å². The smallest absolute Gasteiger partial charge is 0.246 e. The largest absolute Gasteiger partial charge is 0.383 e. The Morgan fingerprint density at radius 3 is 2.59 bits per heavy atom. The van der Waals surface area contributed by atoms with E-state index in [-0.39, 0.29) is 23.5 Å². The van der Waals surface area contributed by atoms with E-state index in [0.717, 1.165) is 5.56 Å². The Kier molecular flexibility index (Phi) is 7.22. The van der Waals surface area contributed by atoms with Gasteiger partial charge in [0.25, 0.3) is 0 Å². The van der Waals surface area contributed by atoms with Crippen LogP contribution in [0.1, 0.15) is 61.5 Å². The molecule has 2 aliphatic rings. The van der Waals surface area contributed by atoms with Crippen LogP contribution in [-0.2, 0) is 19.4 Å². The second-order valence-electron chi connectivity index (χ2n) is 8.40. The molecule has 1 atom stereocenters. The molecule has 1 aromatic heterocycles. The molecule has 2 fully saturated rings. The van der Waals surface area contributed by atoms with E-state index in [1.807, 2.05) is 6.08 Å². The van der Waals surface area contributed by atoms with Gasteiger partial charge in [-0.25, -0.2) is 8.42 Å². The van der Waals surface area contributed by atoms with Crippen molar-refractivity contribution in [3.05, 3.63) is 29.1 Å². The fraction of sp³-hybridized carbons (Fsp3) is 0.682. The minimum absolute atomic E-state index is 0.0481. The lowest BCUT2D eigenvalue weighted by Gasteiger charge is -2.27. The molecule has 162 valence electrons. The monoisotopic (exact) mass is 422 g/mol. The van der Waals surface area contributed by atoms with Crippen molar-refractivity contribution in [3.8, 4) is 0 Å². The number of aryl methyl sites for hydroxylation is 1. The molecule has 6 nitrogen and oxygen atoms in total. The van der Waals surface area contributed by atoms with Crippen LogP contribution in [0, 0.1) is 13.8 Å². The first-order valence-corrected chi connectivity index (χ1v) is 12.5. The third-order valence-corrected chi connectivity index (χ3v) is 8.09. The molecular weight excluding hydrogens is 388 g/mol. The van der Waals surface area contributed by atoms with E-state index in [1.165, 1.54) is 43.5 Å². The molecule has 2 heterocycles. The number of amides is 1. The Morgan fingerprint density at radius 2 is 1.97 bits per heavy atom. The number of methoxy groups -OCH3 is 1. The van der Waals surface area contributed by atoms with E-state index in [0.29, 0.717) is 25.6 Å². The van der Waals surface area contributed by atoms with Crippen LogP contribution >= 0.6 is 0 Å². The molecule has 0 radical (unpaired) electrons. The molecule has 7 heteroatoms. The summed E-state index contributed by atoms with van der Waals surface area (Å²) in [6.07, 6.45) is 10.3. The summed E-state index contributed by atoms with van der Waals surface area (Å²) in [5, 5.41) is 0. The van der Waals surface area contributed by atoms with Crippen LogP contribution in [-0.4, -0.2) is 61.6 Å². The van der Waals surface area contributed by atoms with Crippen LogP contribution in [0.15, 0.2) is 12.1 Å². The van der Waals surface area contributed by atoms with Crippen molar-refractivity contribution in [2.24, 2.45) is 0 Å². The van der Waals surface area contributed by atoms with Gasteiger partial charge in [0.1, 0.15) is 0 Å². The lowest BCUT2D eigenvalue weighted by atomic mass is 9.95. The summed E-state index contributed by atoms with van der Waals surface area (Å²) in [7, 11) is -1.46. The lowest BCUT2D eigenvalue weighted by molar-refractivity contribution is -0.128. The van der Waals surface area contributed by atoms with E-state index >= 15 is 0 Å². The maximum absolute atomic E-state index is 12.9. The van der Waals surface area contributed by atoms with Gasteiger partial charge in [-0.1, -0.05) is 19.3 Å². The highest BCUT2D eigenvalue weighted by Crippen LogP contribution is 2.32. The maximum atomic E-state index is 12.9. The number of hydrogen-bond donors (Lipinski definition) is 0. The van der Waals surface area contributed by atoms with Crippen molar-refractivity contribution >= 4 is 21.8 Å². The maximum Gasteiger partial charge on any atom is 0.246 e. The van der Waals surface area contributed by atoms with Gasteiger partial charge in [-0.15, -0.1) is 0 Å². The van der Waals surface area contributed by atoms with Gasteiger partial charge in [0.05, 0.1) is 18.1 Å². The van der Waals surface area contributed by atoms with Crippen LogP contribution < -0.4 is 0 Å². The molecule has 1 aliphatic carbocycles. The average molecular weight is 423 g/mol. The molecule has 0 N–H and O–H groups in total. The zero-order valence-electron chi connectivity index (χ0n) is 17.9. The van der Waals surface area contributed by atoms with E-state index in [4.69, 9.17) is 4.74 Å². The van der Waals surface area contributed by atoms with Crippen molar-refractivity contribution in [1.29, 1.82) is 0 Å². The zero-order valence-corrected chi connectivity index (χ0v) is 18.7. The molecule has 0 aromatic carbocycles. The van der Waals surface area contributed by atoms with Crippen LogP contribution in [0.2, 0.25) is 0 Å². The molecule has 0 bridgehead atoms. The first-order valence-electron chi connectivity index (χ1n) is 10.7. The SMILES string of the molecule is COCCN(C(=O)/C=C/c1cc(C)n(C2CCCCC2)c1C)C1CCS(=O)(=O)C1. The predicted molar refractivity (Wildman–Crippen MR) is 116 cm³/mol. The van der Waals surface area contributed by atoms with E-state index in [1.54, 1.807) is 18.1 Å². The van der Waals surface area contributed by atoms with Crippen molar-refractivity contribution in [3.63, 3.8) is 0 Å². The minimum atomic E-state index is -3.05. The Balaban J connectivity index is 1.75. The number of rotatable bonds is 7. The summed E-state index contributed by atoms with van der Waals surface area (Å²) in [6.45, 7) is 5.06. The molecule has 1 aromatic rings. The van der Waals surface area contributed by atoms with Crippen LogP contribution in [0.5, 0.6) is 0 Å². The highest BCUT2D eigenvalue weighted by molar-refractivity contribution is 7.91. The fourth-order valence-corrected chi connectivity index (χ4v) is 6.54. The number of aromatic nitrogens is 1. The standard InChI is InChI=1S/C22H34N2O4S/c1-17-15-19(18(2)24(17)20-7-5-4-6-8-20)9-10-22(25)23(12-13-28-3)21-11-14-29(26,27)16-21/h9-10,15,20-21H,4-8,11-14,16H2,1-3H3/b10-9+. The van der Waals surface area contributed by atoms with Crippen molar-refractivity contribution in [1.82, 2.24) is 9.47 Å². The van der Waals surface area contributed by atoms with Crippen molar-refractivity contribution < 1.29 is 17.9 Å². The van der Waals surface area contributed by atoms with E-state index in [9.17, 15) is 13.2 Å². The average Bonchev–Trinajstić information content (AvgIpc) is 3.19. The number of sulfone groups is 1. The third-order valence-electron chi connectivity index (χ3n) is 6.34. The third kappa shape index (κ3) is 5.31. The Morgan fingerprint density at radius 1 is 1.24 bits per heavy atom. The van der Waals surface area contributed by atoms with Crippen molar-refractivity contribution in [2.45, 2.75) is 64.5 Å². The van der Waals surface area contributed by atoms with Gasteiger partial charge in [0.15, 0.2) is 9.84 Å². The molecule has 0 spiro atoms. The molecule has 1 saturated carbocycles. The molecule has 1 unspecified atom stereocenters. The number of carbonyl (C=O) groups excluding carboxylic acids is 1. The van der Waals surface area contributed by atoms with E-state index < -0.39 is 9.84 Å². The second kappa shape index (κ2) is 9.47. The molecule has 1 saturated heterocycles. The Labute approximate surface area is 174 Å². The van der Waals surface area contributed by atoms with E-state index in [2.05, 4.69) is 24.5 Å². The zero-order chi connectivity index (χ0) is 21.0. The topological polar surface area (TPSA) is 68.6 Å². The quantitative estimate of drug-likeness (QED) is 0.633. The van der Waals surface area contributed by atoms with Gasteiger partial charge in [-0.3, -0.25) is 4.79 Å². The molecule has 1 aliphatic heterocycles. The lowest BCUT2D eigenvalue weighted by Crippen LogP contribution is -2.42. The second-order valence-corrected chi connectivity index (χ2v) is 10.6. The normalized spacial score (nSPS) is 22.4. The summed E-state index contributed by atoms with van der Waals surface area (Å²) in [5.74, 6) is 0.0549. The Hall–Kier alpha value is -1.60. The fourth-order valence-electron chi connectivity index (χ4n) is 4.81. The molecular formula is C22H34N2O4S. The number of hydrogen-bond acceptors (Lipinski definition) is 4. The molecule has 29 heavy (non-hydrogen) atoms. The van der Waals surface area contributed by atoms with Gasteiger partial charge in [-0.05, 0) is 50.8 Å². The van der Waals surface area contributed by atoms with Crippen molar-refractivity contribution in [2.75, 3.05) is 31.8 Å². The summed E-state index contributed by atoms with van der Waals surface area (Å²) in [4.78, 5) is 14.6. The summed E-state index contributed by atoms with van der Waals surface area (Å²) in [5.41, 5.74) is 3.50. The van der Waals surface area contributed by atoms with Gasteiger partial charge in [0, 0.05) is 43.2 Å². The van der Waals surface area contributed by atoms with Gasteiger partial charge in [0.2, 0.25) is 5.91 Å². The van der Waals surface area contributed by atoms with Crippen LogP contribution in [0.3, 0.4) is 0 Å². The Bertz CT molecular complexity index is 850. The highest BCUT2D eigenvalue weighted by atomic mass is 32.2. The molecule has 1 amide bonds. The highest BCUT2D eigenvalue weighted by Gasteiger charge is 2.33. The summed E-state index contributed by atoms with van der Waals surface area (Å²) in [6, 6.07) is 2.44. The van der Waals surface area contributed by atoms with Gasteiger partial charge in [-0.2, -0.15) is 0 Å². The number of nitrogens with zero attached hydrogens (tertiary/aromatic N) is 2. The first kappa shape index (κ1) is 22.1. The van der Waals surface area contributed by atoms with Gasteiger partial charge >= 0.3 is 0 Å². The number of carbonyl (C=O) groups is 1. The van der Waals surface area contributed by atoms with Crippen LogP contribution in [0.25, 0.3) is 6.08 Å². The minimum Gasteiger partial charge on any atom is -0.383 e. The molecule has 3 rings (SSSR count). The predicted octanol–water partition coefficient (Wildman–Crippen LogP) is 3.29. The summed E-state index contributed by atoms with van der Waals surface area (Å²) < 4.78 is 31.3.